The minimum atomic E-state index is -5.16. The standard InChI is InChI=1S/C22H32F3N3O6/c1-2-34-20(32)14-8-6-4-3-5-7-9-16(27-21(33)22(23,24)25)19(31)28-13-15(29)12-17(28)18(30)26-11-10-14/h6,8,14-17,29H,2-5,7,9-13H2,1H3,(H,26,30)(H,27,33)/b8-6-/t14-,15-,16+,17+/m1/s1. The fourth-order valence-corrected chi connectivity index (χ4v) is 4.06. The summed E-state index contributed by atoms with van der Waals surface area (Å²) in [5.41, 5.74) is 0. The van der Waals surface area contributed by atoms with Crippen LogP contribution in [0.15, 0.2) is 12.2 Å². The van der Waals surface area contributed by atoms with E-state index in [2.05, 4.69) is 5.32 Å². The van der Waals surface area contributed by atoms with Gasteiger partial charge in [-0.2, -0.15) is 13.2 Å². The second-order valence-electron chi connectivity index (χ2n) is 8.42. The van der Waals surface area contributed by atoms with Crippen LogP contribution in [0.2, 0.25) is 0 Å². The predicted molar refractivity (Wildman–Crippen MR) is 114 cm³/mol. The van der Waals surface area contributed by atoms with Gasteiger partial charge in [0.05, 0.1) is 18.6 Å². The summed E-state index contributed by atoms with van der Waals surface area (Å²) in [7, 11) is 0. The minimum absolute atomic E-state index is 0.0449. The molecule has 0 radical (unpaired) electrons. The van der Waals surface area contributed by atoms with E-state index in [1.54, 1.807) is 18.3 Å². The third-order valence-electron chi connectivity index (χ3n) is 5.80. The Balaban J connectivity index is 2.21. The molecule has 2 rings (SSSR count). The van der Waals surface area contributed by atoms with Gasteiger partial charge in [-0.3, -0.25) is 19.2 Å². The fraction of sp³-hybridized carbons (Fsp3) is 0.727. The van der Waals surface area contributed by atoms with Gasteiger partial charge in [-0.05, 0) is 32.6 Å². The largest absolute Gasteiger partial charge is 0.471 e. The van der Waals surface area contributed by atoms with Gasteiger partial charge in [0.15, 0.2) is 0 Å². The van der Waals surface area contributed by atoms with E-state index in [0.717, 1.165) is 4.90 Å². The first kappa shape index (κ1) is 27.6. The van der Waals surface area contributed by atoms with Crippen LogP contribution in [0.4, 0.5) is 13.2 Å². The fourth-order valence-electron chi connectivity index (χ4n) is 4.06. The Morgan fingerprint density at radius 3 is 2.65 bits per heavy atom. The lowest BCUT2D eigenvalue weighted by Gasteiger charge is -2.29. The van der Waals surface area contributed by atoms with Gasteiger partial charge in [-0.15, -0.1) is 0 Å². The highest BCUT2D eigenvalue weighted by atomic mass is 19.4. The number of hydrogen-bond donors (Lipinski definition) is 3. The topological polar surface area (TPSA) is 125 Å². The molecular weight excluding hydrogens is 459 g/mol. The molecule has 3 amide bonds. The molecule has 0 aromatic heterocycles. The third-order valence-corrected chi connectivity index (χ3v) is 5.80. The molecule has 2 aliphatic rings. The van der Waals surface area contributed by atoms with Crippen molar-refractivity contribution in [1.29, 1.82) is 0 Å². The molecule has 0 saturated carbocycles. The number of carbonyl (C=O) groups excluding carboxylic acids is 4. The summed E-state index contributed by atoms with van der Waals surface area (Å²) >= 11 is 0. The van der Waals surface area contributed by atoms with E-state index in [1.807, 2.05) is 6.08 Å². The molecule has 3 N–H and O–H groups in total. The maximum Gasteiger partial charge on any atom is 0.471 e. The number of hydrogen-bond acceptors (Lipinski definition) is 6. The molecule has 2 heterocycles. The second kappa shape index (κ2) is 12.7. The highest BCUT2D eigenvalue weighted by Crippen LogP contribution is 2.22. The van der Waals surface area contributed by atoms with Crippen molar-refractivity contribution >= 4 is 23.7 Å². The van der Waals surface area contributed by atoms with Crippen LogP contribution in [0.1, 0.15) is 51.9 Å². The van der Waals surface area contributed by atoms with Gasteiger partial charge in [-0.25, -0.2) is 0 Å². The quantitative estimate of drug-likeness (QED) is 0.403. The van der Waals surface area contributed by atoms with Crippen molar-refractivity contribution in [2.45, 2.75) is 76.2 Å². The average molecular weight is 492 g/mol. The molecule has 4 atom stereocenters. The van der Waals surface area contributed by atoms with Crippen LogP contribution in [-0.4, -0.2) is 77.8 Å². The molecule has 0 unspecified atom stereocenters. The molecule has 0 bridgehead atoms. The zero-order valence-electron chi connectivity index (χ0n) is 19.1. The van der Waals surface area contributed by atoms with Crippen LogP contribution in [0.25, 0.3) is 0 Å². The second-order valence-corrected chi connectivity index (χ2v) is 8.42. The number of rotatable bonds is 3. The van der Waals surface area contributed by atoms with E-state index >= 15 is 0 Å². The van der Waals surface area contributed by atoms with Gasteiger partial charge < -0.3 is 25.4 Å². The number of allylic oxidation sites excluding steroid dienone is 1. The first-order valence-electron chi connectivity index (χ1n) is 11.5. The lowest BCUT2D eigenvalue weighted by Crippen LogP contribution is -2.55. The number of fused-ring (bicyclic) bond motifs is 1. The molecule has 34 heavy (non-hydrogen) atoms. The first-order valence-corrected chi connectivity index (χ1v) is 11.5. The number of ether oxygens (including phenoxy) is 1. The van der Waals surface area contributed by atoms with Crippen LogP contribution >= 0.6 is 0 Å². The summed E-state index contributed by atoms with van der Waals surface area (Å²) in [5, 5.41) is 14.4. The van der Waals surface area contributed by atoms with Crippen molar-refractivity contribution in [3.05, 3.63) is 12.2 Å². The number of nitrogens with one attached hydrogen (secondary N) is 2. The number of amides is 3. The molecular formula is C22H32F3N3O6. The smallest absolute Gasteiger partial charge is 0.466 e. The van der Waals surface area contributed by atoms with E-state index in [-0.39, 0.29) is 39.0 Å². The Morgan fingerprint density at radius 1 is 1.24 bits per heavy atom. The Morgan fingerprint density at radius 2 is 1.97 bits per heavy atom. The van der Waals surface area contributed by atoms with Crippen molar-refractivity contribution in [2.24, 2.45) is 5.92 Å². The highest BCUT2D eigenvalue weighted by Gasteiger charge is 2.44. The third kappa shape index (κ3) is 8.00. The number of nitrogens with zero attached hydrogens (tertiary/aromatic N) is 1. The summed E-state index contributed by atoms with van der Waals surface area (Å²) in [6.45, 7) is 1.78. The molecule has 0 aromatic carbocycles. The number of aliphatic hydroxyl groups is 1. The lowest BCUT2D eigenvalue weighted by molar-refractivity contribution is -0.175. The molecule has 9 nitrogen and oxygen atoms in total. The Kier molecular flexibility index (Phi) is 10.3. The average Bonchev–Trinajstić information content (AvgIpc) is 3.16. The Hall–Kier alpha value is -2.63. The summed E-state index contributed by atoms with van der Waals surface area (Å²) < 4.78 is 43.5. The van der Waals surface area contributed by atoms with E-state index < -0.39 is 54.0 Å². The van der Waals surface area contributed by atoms with Crippen LogP contribution in [0.3, 0.4) is 0 Å². The zero-order chi connectivity index (χ0) is 25.3. The van der Waals surface area contributed by atoms with Crippen molar-refractivity contribution in [2.75, 3.05) is 19.7 Å². The summed E-state index contributed by atoms with van der Waals surface area (Å²) in [5.74, 6) is -4.63. The highest BCUT2D eigenvalue weighted by molar-refractivity contribution is 5.93. The van der Waals surface area contributed by atoms with E-state index in [9.17, 15) is 37.5 Å². The van der Waals surface area contributed by atoms with Crippen molar-refractivity contribution in [3.63, 3.8) is 0 Å². The van der Waals surface area contributed by atoms with Crippen molar-refractivity contribution < 1.29 is 42.2 Å². The minimum Gasteiger partial charge on any atom is -0.466 e. The first-order chi connectivity index (χ1) is 16.0. The Bertz CT molecular complexity index is 773. The monoisotopic (exact) mass is 491 g/mol. The predicted octanol–water partition coefficient (Wildman–Crippen LogP) is 1.20. The normalized spacial score (nSPS) is 28.6. The molecule has 0 spiro atoms. The van der Waals surface area contributed by atoms with Crippen LogP contribution in [0, 0.1) is 5.92 Å². The van der Waals surface area contributed by atoms with Crippen molar-refractivity contribution in [1.82, 2.24) is 15.5 Å². The molecule has 0 aliphatic carbocycles. The van der Waals surface area contributed by atoms with Crippen LogP contribution in [-0.2, 0) is 23.9 Å². The number of carbonyl (C=O) groups is 4. The van der Waals surface area contributed by atoms with Gasteiger partial charge in [0.1, 0.15) is 12.1 Å². The van der Waals surface area contributed by atoms with Crippen LogP contribution < -0.4 is 10.6 Å². The van der Waals surface area contributed by atoms with Gasteiger partial charge >= 0.3 is 18.1 Å². The SMILES string of the molecule is CCOC(=O)[C@@H]1/C=C\CCCCC[C@H](NC(=O)C(F)(F)F)C(=O)N2C[C@H](O)C[C@H]2C(=O)NCC1. The summed E-state index contributed by atoms with van der Waals surface area (Å²) in [4.78, 5) is 50.5. The van der Waals surface area contributed by atoms with Gasteiger partial charge in [0, 0.05) is 19.5 Å². The lowest BCUT2D eigenvalue weighted by atomic mass is 10.0. The van der Waals surface area contributed by atoms with Crippen molar-refractivity contribution in [3.8, 4) is 0 Å². The van der Waals surface area contributed by atoms with E-state index in [1.165, 1.54) is 0 Å². The van der Waals surface area contributed by atoms with E-state index in [0.29, 0.717) is 25.7 Å². The van der Waals surface area contributed by atoms with Gasteiger partial charge in [0.25, 0.3) is 0 Å². The number of halogens is 3. The van der Waals surface area contributed by atoms with Crippen LogP contribution in [0.5, 0.6) is 0 Å². The molecule has 192 valence electrons. The molecule has 1 fully saturated rings. The molecule has 1 saturated heterocycles. The number of alkyl halides is 3. The number of aliphatic hydroxyl groups excluding tert-OH is 1. The molecule has 12 heteroatoms. The van der Waals surface area contributed by atoms with Gasteiger partial charge in [0.2, 0.25) is 11.8 Å². The summed E-state index contributed by atoms with van der Waals surface area (Å²) in [6.07, 6.45) is -0.311. The maximum absolute atomic E-state index is 13.1. The Labute approximate surface area is 196 Å². The number of esters is 1. The zero-order valence-corrected chi connectivity index (χ0v) is 19.1. The molecule has 0 aromatic rings. The van der Waals surface area contributed by atoms with E-state index in [4.69, 9.17) is 4.74 Å². The maximum atomic E-state index is 13.1. The molecule has 2 aliphatic heterocycles. The van der Waals surface area contributed by atoms with Gasteiger partial charge in [-0.1, -0.05) is 25.0 Å². The summed E-state index contributed by atoms with van der Waals surface area (Å²) in [6, 6.07) is -2.57.